The molecule has 3 rings (SSSR count). The molecule has 1 saturated heterocycles. The molecule has 1 fully saturated rings. The number of aryl methyl sites for hydroxylation is 1. The molecule has 11 heteroatoms. The Morgan fingerprint density at radius 2 is 1.65 bits per heavy atom. The van der Waals surface area contributed by atoms with E-state index in [1.807, 2.05) is 0 Å². The third-order valence-corrected chi connectivity index (χ3v) is 7.32. The number of anilines is 1. The van der Waals surface area contributed by atoms with E-state index < -0.39 is 28.0 Å². The van der Waals surface area contributed by atoms with Crippen molar-refractivity contribution >= 4 is 27.6 Å². The van der Waals surface area contributed by atoms with Gasteiger partial charge in [0.1, 0.15) is 11.5 Å². The SMILES string of the molecule is COc1cc(NC(=O)C(C)OC(=O)c2ccc(C)c(S(=O)(=O)N3CCOCC3)c2)cc(OC)c1. The lowest BCUT2D eigenvalue weighted by molar-refractivity contribution is -0.123. The quantitative estimate of drug-likeness (QED) is 0.557. The molecule has 0 aromatic heterocycles. The minimum absolute atomic E-state index is 0.0180. The van der Waals surface area contributed by atoms with Gasteiger partial charge in [-0.2, -0.15) is 4.31 Å². The number of nitrogens with one attached hydrogen (secondary N) is 1. The second-order valence-electron chi connectivity index (χ2n) is 7.63. The van der Waals surface area contributed by atoms with Crippen LogP contribution in [0.2, 0.25) is 0 Å². The lowest BCUT2D eigenvalue weighted by atomic mass is 10.1. The molecule has 1 atom stereocenters. The van der Waals surface area contributed by atoms with Crippen LogP contribution in [0.15, 0.2) is 41.3 Å². The molecule has 1 unspecified atom stereocenters. The smallest absolute Gasteiger partial charge is 0.338 e. The zero-order valence-corrected chi connectivity index (χ0v) is 20.3. The maximum atomic E-state index is 13.1. The first-order chi connectivity index (χ1) is 16.1. The standard InChI is InChI=1S/C23H28N2O8S/c1-15-5-6-17(11-21(15)34(28,29)25-7-9-32-10-8-25)23(27)33-16(2)22(26)24-18-12-19(30-3)14-20(13-18)31-4/h5-6,11-14,16H,7-10H2,1-4H3,(H,24,26). The van der Waals surface area contributed by atoms with E-state index in [0.29, 0.717) is 36.0 Å². The molecular weight excluding hydrogens is 464 g/mol. The van der Waals surface area contributed by atoms with Crippen LogP contribution in [0.3, 0.4) is 0 Å². The average Bonchev–Trinajstić information content (AvgIpc) is 2.84. The number of carbonyl (C=O) groups excluding carboxylic acids is 2. The van der Waals surface area contributed by atoms with Gasteiger partial charge in [0.25, 0.3) is 5.91 Å². The Morgan fingerprint density at radius 3 is 2.24 bits per heavy atom. The molecule has 1 aliphatic heterocycles. The normalized spacial score (nSPS) is 15.3. The molecule has 1 amide bonds. The number of carbonyl (C=O) groups is 2. The number of hydrogen-bond acceptors (Lipinski definition) is 8. The van der Waals surface area contributed by atoms with Crippen molar-refractivity contribution in [3.8, 4) is 11.5 Å². The minimum Gasteiger partial charge on any atom is -0.497 e. The van der Waals surface area contributed by atoms with E-state index in [9.17, 15) is 18.0 Å². The highest BCUT2D eigenvalue weighted by atomic mass is 32.2. The largest absolute Gasteiger partial charge is 0.497 e. The van der Waals surface area contributed by atoms with Crippen LogP contribution in [0, 0.1) is 6.92 Å². The molecule has 0 spiro atoms. The Kier molecular flexibility index (Phi) is 8.13. The van der Waals surface area contributed by atoms with Crippen LogP contribution in [0.4, 0.5) is 5.69 Å². The molecule has 10 nitrogen and oxygen atoms in total. The first-order valence-electron chi connectivity index (χ1n) is 10.6. The highest BCUT2D eigenvalue weighted by molar-refractivity contribution is 7.89. The minimum atomic E-state index is -3.80. The summed E-state index contributed by atoms with van der Waals surface area (Å²) in [6.45, 7) is 4.17. The van der Waals surface area contributed by atoms with Crippen molar-refractivity contribution in [2.75, 3.05) is 45.8 Å². The topological polar surface area (TPSA) is 120 Å². The number of morpholine rings is 1. The molecule has 184 valence electrons. The summed E-state index contributed by atoms with van der Waals surface area (Å²) < 4.78 is 48.3. The first-order valence-corrected chi connectivity index (χ1v) is 12.0. The van der Waals surface area contributed by atoms with Crippen LogP contribution in [0.25, 0.3) is 0 Å². The van der Waals surface area contributed by atoms with Crippen LogP contribution in [0.1, 0.15) is 22.8 Å². The zero-order valence-electron chi connectivity index (χ0n) is 19.5. The van der Waals surface area contributed by atoms with Crippen molar-refractivity contribution in [2.45, 2.75) is 24.8 Å². The zero-order chi connectivity index (χ0) is 24.9. The molecule has 0 radical (unpaired) electrons. The number of sulfonamides is 1. The van der Waals surface area contributed by atoms with Gasteiger partial charge >= 0.3 is 5.97 Å². The van der Waals surface area contributed by atoms with E-state index in [2.05, 4.69) is 5.32 Å². The van der Waals surface area contributed by atoms with E-state index in [1.54, 1.807) is 25.1 Å². The predicted octanol–water partition coefficient (Wildman–Crippen LogP) is 2.22. The van der Waals surface area contributed by atoms with Crippen LogP contribution >= 0.6 is 0 Å². The Morgan fingerprint density at radius 1 is 1.03 bits per heavy atom. The summed E-state index contributed by atoms with van der Waals surface area (Å²) in [7, 11) is -0.833. The Balaban J connectivity index is 1.73. The molecule has 0 saturated carbocycles. The number of ether oxygens (including phenoxy) is 4. The number of hydrogen-bond donors (Lipinski definition) is 1. The van der Waals surface area contributed by atoms with E-state index in [1.165, 1.54) is 43.6 Å². The monoisotopic (exact) mass is 492 g/mol. The van der Waals surface area contributed by atoms with Gasteiger partial charge in [-0.05, 0) is 31.5 Å². The fourth-order valence-electron chi connectivity index (χ4n) is 3.34. The molecule has 2 aromatic rings. The molecule has 0 aliphatic carbocycles. The predicted molar refractivity (Wildman–Crippen MR) is 124 cm³/mol. The highest BCUT2D eigenvalue weighted by Crippen LogP contribution is 2.26. The van der Waals surface area contributed by atoms with E-state index in [-0.39, 0.29) is 23.5 Å². The van der Waals surface area contributed by atoms with Crippen LogP contribution in [-0.2, 0) is 24.3 Å². The number of rotatable bonds is 8. The molecular formula is C23H28N2O8S. The van der Waals surface area contributed by atoms with Crippen molar-refractivity contribution in [3.05, 3.63) is 47.5 Å². The van der Waals surface area contributed by atoms with E-state index in [0.717, 1.165) is 0 Å². The van der Waals surface area contributed by atoms with Gasteiger partial charge in [-0.15, -0.1) is 0 Å². The summed E-state index contributed by atoms with van der Waals surface area (Å²) in [5.41, 5.74) is 0.930. The maximum Gasteiger partial charge on any atom is 0.338 e. The summed E-state index contributed by atoms with van der Waals surface area (Å²) in [5, 5.41) is 2.65. The fraction of sp³-hybridized carbons (Fsp3) is 0.391. The van der Waals surface area contributed by atoms with E-state index >= 15 is 0 Å². The second-order valence-corrected chi connectivity index (χ2v) is 9.54. The summed E-state index contributed by atoms with van der Waals surface area (Å²) >= 11 is 0. The van der Waals surface area contributed by atoms with Crippen LogP contribution in [0.5, 0.6) is 11.5 Å². The summed E-state index contributed by atoms with van der Waals surface area (Å²) in [6, 6.07) is 9.12. The van der Waals surface area contributed by atoms with Crippen molar-refractivity contribution in [1.29, 1.82) is 0 Å². The highest BCUT2D eigenvalue weighted by Gasteiger charge is 2.29. The van der Waals surface area contributed by atoms with Gasteiger partial charge in [0, 0.05) is 37.0 Å². The second kappa shape index (κ2) is 10.9. The van der Waals surface area contributed by atoms with Crippen LogP contribution < -0.4 is 14.8 Å². The number of methoxy groups -OCH3 is 2. The van der Waals surface area contributed by atoms with Crippen molar-refractivity contribution in [1.82, 2.24) is 4.31 Å². The van der Waals surface area contributed by atoms with Gasteiger partial charge in [-0.1, -0.05) is 6.07 Å². The number of amides is 1. The van der Waals surface area contributed by atoms with Crippen LogP contribution in [-0.4, -0.2) is 71.2 Å². The Bertz CT molecular complexity index is 1140. The van der Waals surface area contributed by atoms with Crippen molar-refractivity contribution in [3.63, 3.8) is 0 Å². The van der Waals surface area contributed by atoms with Crippen molar-refractivity contribution in [2.24, 2.45) is 0 Å². The molecule has 1 heterocycles. The van der Waals surface area contributed by atoms with Gasteiger partial charge < -0.3 is 24.3 Å². The first kappa shape index (κ1) is 25.5. The third kappa shape index (κ3) is 5.85. The molecule has 34 heavy (non-hydrogen) atoms. The summed E-state index contributed by atoms with van der Waals surface area (Å²) in [6.07, 6.45) is -1.15. The average molecular weight is 493 g/mol. The van der Waals surface area contributed by atoms with Gasteiger partial charge in [0.05, 0.1) is 37.9 Å². The molecule has 1 N–H and O–H groups in total. The van der Waals surface area contributed by atoms with Gasteiger partial charge in [0.2, 0.25) is 10.0 Å². The molecule has 1 aliphatic rings. The van der Waals surface area contributed by atoms with Crippen molar-refractivity contribution < 1.29 is 37.0 Å². The summed E-state index contributed by atoms with van der Waals surface area (Å²) in [4.78, 5) is 25.3. The number of benzene rings is 2. The summed E-state index contributed by atoms with van der Waals surface area (Å²) in [5.74, 6) is -0.429. The van der Waals surface area contributed by atoms with Gasteiger partial charge in [-0.3, -0.25) is 4.79 Å². The Hall–Kier alpha value is -3.15. The van der Waals surface area contributed by atoms with Gasteiger partial charge in [0.15, 0.2) is 6.10 Å². The fourth-order valence-corrected chi connectivity index (χ4v) is 5.00. The lowest BCUT2D eigenvalue weighted by Crippen LogP contribution is -2.40. The molecule has 2 aromatic carbocycles. The Labute approximate surface area is 198 Å². The van der Waals surface area contributed by atoms with Gasteiger partial charge in [-0.25, -0.2) is 13.2 Å². The number of esters is 1. The third-order valence-electron chi connectivity index (χ3n) is 5.28. The molecule has 0 bridgehead atoms. The lowest BCUT2D eigenvalue weighted by Gasteiger charge is -2.26. The maximum absolute atomic E-state index is 13.1. The number of nitrogens with zero attached hydrogens (tertiary/aromatic N) is 1. The van der Waals surface area contributed by atoms with E-state index in [4.69, 9.17) is 18.9 Å².